The number of benzene rings is 2. The van der Waals surface area contributed by atoms with E-state index >= 15 is 0 Å². The molecule has 0 aliphatic heterocycles. The van der Waals surface area contributed by atoms with Crippen LogP contribution in [0, 0.1) is 0 Å². The fourth-order valence-corrected chi connectivity index (χ4v) is 2.64. The lowest BCUT2D eigenvalue weighted by molar-refractivity contribution is 0.0846. The number of hydrogen-bond acceptors (Lipinski definition) is 3. The number of H-pyrrole nitrogens is 1. The van der Waals surface area contributed by atoms with Crippen LogP contribution in [0.3, 0.4) is 0 Å². The minimum Gasteiger partial charge on any atom is -0.277 e. The van der Waals surface area contributed by atoms with Crippen LogP contribution in [0.2, 0.25) is 0 Å². The Hall–Kier alpha value is -2.93. The van der Waals surface area contributed by atoms with Gasteiger partial charge in [-0.05, 0) is 28.1 Å². The lowest BCUT2D eigenvalue weighted by Crippen LogP contribution is -2.41. The van der Waals surface area contributed by atoms with Gasteiger partial charge in [0.2, 0.25) is 0 Å². The van der Waals surface area contributed by atoms with Crippen molar-refractivity contribution in [3.05, 3.63) is 76.4 Å². The molecule has 0 saturated heterocycles. The molecular weight excluding hydrogens is 372 g/mol. The van der Waals surface area contributed by atoms with Crippen molar-refractivity contribution >= 4 is 27.7 Å². The zero-order valence-corrected chi connectivity index (χ0v) is 14.0. The molecule has 0 saturated carbocycles. The second kappa shape index (κ2) is 7.10. The summed E-state index contributed by atoms with van der Waals surface area (Å²) in [5.74, 6) is -0.872. The number of carbonyl (C=O) groups excluding carboxylic acids is 2. The molecule has 1 heterocycles. The van der Waals surface area contributed by atoms with Gasteiger partial charge in [-0.3, -0.25) is 25.5 Å². The minimum atomic E-state index is -0.456. The number of halogens is 1. The molecule has 0 aliphatic carbocycles. The SMILES string of the molecule is O=C(NNC(=O)c1cn[nH]c1-c1ccccc1)c1ccccc1Br. The first-order valence-corrected chi connectivity index (χ1v) is 7.90. The number of hydrogen-bond donors (Lipinski definition) is 3. The van der Waals surface area contributed by atoms with E-state index in [1.165, 1.54) is 6.20 Å². The number of amides is 2. The summed E-state index contributed by atoms with van der Waals surface area (Å²) < 4.78 is 0.644. The second-order valence-corrected chi connectivity index (χ2v) is 5.77. The normalized spacial score (nSPS) is 10.2. The zero-order chi connectivity index (χ0) is 16.9. The summed E-state index contributed by atoms with van der Waals surface area (Å²) in [6, 6.07) is 16.3. The Morgan fingerprint density at radius 2 is 1.50 bits per heavy atom. The first kappa shape index (κ1) is 15.9. The molecule has 0 atom stereocenters. The predicted octanol–water partition coefficient (Wildman–Crippen LogP) is 2.91. The molecule has 2 amide bonds. The molecule has 6 nitrogen and oxygen atoms in total. The molecular formula is C17H13BrN4O2. The van der Waals surface area contributed by atoms with Crippen molar-refractivity contribution in [3.63, 3.8) is 0 Å². The summed E-state index contributed by atoms with van der Waals surface area (Å²) in [4.78, 5) is 24.4. The van der Waals surface area contributed by atoms with Gasteiger partial charge in [-0.15, -0.1) is 0 Å². The van der Waals surface area contributed by atoms with Crippen molar-refractivity contribution in [3.8, 4) is 11.3 Å². The maximum Gasteiger partial charge on any atom is 0.273 e. The average Bonchev–Trinajstić information content (AvgIpc) is 3.10. The third kappa shape index (κ3) is 3.36. The Morgan fingerprint density at radius 3 is 2.21 bits per heavy atom. The molecule has 0 fully saturated rings. The maximum atomic E-state index is 12.3. The van der Waals surface area contributed by atoms with Crippen molar-refractivity contribution in [2.45, 2.75) is 0 Å². The summed E-state index contributed by atoms with van der Waals surface area (Å²) in [5, 5.41) is 6.71. The van der Waals surface area contributed by atoms with Gasteiger partial charge >= 0.3 is 0 Å². The molecule has 120 valence electrons. The van der Waals surface area contributed by atoms with E-state index in [0.717, 1.165) is 5.56 Å². The summed E-state index contributed by atoms with van der Waals surface area (Å²) >= 11 is 3.30. The molecule has 0 bridgehead atoms. The van der Waals surface area contributed by atoms with Crippen LogP contribution in [-0.4, -0.2) is 22.0 Å². The fourth-order valence-electron chi connectivity index (χ4n) is 2.18. The van der Waals surface area contributed by atoms with Crippen LogP contribution >= 0.6 is 15.9 Å². The maximum absolute atomic E-state index is 12.3. The van der Waals surface area contributed by atoms with Gasteiger partial charge in [-0.1, -0.05) is 42.5 Å². The van der Waals surface area contributed by atoms with Gasteiger partial charge in [0, 0.05) is 10.0 Å². The molecule has 24 heavy (non-hydrogen) atoms. The molecule has 0 unspecified atom stereocenters. The Balaban J connectivity index is 1.72. The van der Waals surface area contributed by atoms with Gasteiger partial charge in [0.25, 0.3) is 11.8 Å². The van der Waals surface area contributed by atoms with E-state index in [0.29, 0.717) is 21.3 Å². The molecule has 0 radical (unpaired) electrons. The van der Waals surface area contributed by atoms with Crippen LogP contribution in [0.25, 0.3) is 11.3 Å². The van der Waals surface area contributed by atoms with Gasteiger partial charge in [0.05, 0.1) is 23.0 Å². The van der Waals surface area contributed by atoms with E-state index in [4.69, 9.17) is 0 Å². The van der Waals surface area contributed by atoms with E-state index in [-0.39, 0.29) is 0 Å². The molecule has 1 aromatic heterocycles. The van der Waals surface area contributed by atoms with Gasteiger partial charge in [-0.2, -0.15) is 5.10 Å². The van der Waals surface area contributed by atoms with E-state index in [9.17, 15) is 9.59 Å². The van der Waals surface area contributed by atoms with Gasteiger partial charge in [-0.25, -0.2) is 0 Å². The Kier molecular flexibility index (Phi) is 4.72. The highest BCUT2D eigenvalue weighted by molar-refractivity contribution is 9.10. The monoisotopic (exact) mass is 384 g/mol. The minimum absolute atomic E-state index is 0.341. The number of aromatic amines is 1. The van der Waals surface area contributed by atoms with E-state index in [2.05, 4.69) is 37.0 Å². The lowest BCUT2D eigenvalue weighted by atomic mass is 10.1. The predicted molar refractivity (Wildman–Crippen MR) is 93.1 cm³/mol. The van der Waals surface area contributed by atoms with Gasteiger partial charge < -0.3 is 0 Å². The van der Waals surface area contributed by atoms with Crippen molar-refractivity contribution < 1.29 is 9.59 Å². The highest BCUT2D eigenvalue weighted by Crippen LogP contribution is 2.20. The topological polar surface area (TPSA) is 86.9 Å². The summed E-state index contributed by atoms with van der Waals surface area (Å²) in [6.07, 6.45) is 1.42. The number of aromatic nitrogens is 2. The van der Waals surface area contributed by atoms with E-state index in [1.54, 1.807) is 24.3 Å². The largest absolute Gasteiger partial charge is 0.277 e. The standard InChI is InChI=1S/C17H13BrN4O2/c18-14-9-5-4-8-12(14)16(23)21-22-17(24)13-10-19-20-15(13)11-6-2-1-3-7-11/h1-10H,(H,19,20)(H,21,23)(H,22,24). The van der Waals surface area contributed by atoms with Crippen LogP contribution < -0.4 is 10.9 Å². The summed E-state index contributed by atoms with van der Waals surface area (Å²) in [7, 11) is 0. The van der Waals surface area contributed by atoms with Gasteiger partial charge in [0.1, 0.15) is 0 Å². The molecule has 7 heteroatoms. The number of rotatable bonds is 3. The Bertz CT molecular complexity index is 877. The molecule has 3 aromatic rings. The number of carbonyl (C=O) groups is 2. The second-order valence-electron chi connectivity index (χ2n) is 4.91. The van der Waals surface area contributed by atoms with Crippen LogP contribution in [0.1, 0.15) is 20.7 Å². The van der Waals surface area contributed by atoms with Crippen LogP contribution in [-0.2, 0) is 0 Å². The van der Waals surface area contributed by atoms with Crippen molar-refractivity contribution in [1.82, 2.24) is 21.0 Å². The Labute approximate surface area is 146 Å². The smallest absolute Gasteiger partial charge is 0.273 e. The molecule has 3 rings (SSSR count). The van der Waals surface area contributed by atoms with Crippen molar-refractivity contribution in [2.24, 2.45) is 0 Å². The first-order valence-electron chi connectivity index (χ1n) is 7.11. The molecule has 2 aromatic carbocycles. The average molecular weight is 385 g/mol. The van der Waals surface area contributed by atoms with Crippen LogP contribution in [0.15, 0.2) is 65.3 Å². The third-order valence-corrected chi connectivity index (χ3v) is 4.05. The highest BCUT2D eigenvalue weighted by atomic mass is 79.9. The van der Waals surface area contributed by atoms with Gasteiger partial charge in [0.15, 0.2) is 0 Å². The first-order chi connectivity index (χ1) is 11.7. The number of nitrogens with zero attached hydrogens (tertiary/aromatic N) is 1. The third-order valence-electron chi connectivity index (χ3n) is 3.35. The van der Waals surface area contributed by atoms with Crippen molar-refractivity contribution in [1.29, 1.82) is 0 Å². The number of hydrazine groups is 1. The zero-order valence-electron chi connectivity index (χ0n) is 12.4. The Morgan fingerprint density at radius 1 is 0.875 bits per heavy atom. The van der Waals surface area contributed by atoms with Crippen LogP contribution in [0.4, 0.5) is 0 Å². The summed E-state index contributed by atoms with van der Waals surface area (Å²) in [6.45, 7) is 0. The molecule has 3 N–H and O–H groups in total. The van der Waals surface area contributed by atoms with Crippen LogP contribution in [0.5, 0.6) is 0 Å². The lowest BCUT2D eigenvalue weighted by Gasteiger charge is -2.08. The van der Waals surface area contributed by atoms with Crippen molar-refractivity contribution in [2.75, 3.05) is 0 Å². The summed E-state index contributed by atoms with van der Waals surface area (Å²) in [5.41, 5.74) is 6.98. The molecule has 0 spiro atoms. The fraction of sp³-hybridized carbons (Fsp3) is 0. The van der Waals surface area contributed by atoms with E-state index in [1.807, 2.05) is 30.3 Å². The number of nitrogens with one attached hydrogen (secondary N) is 3. The quantitative estimate of drug-likeness (QED) is 0.606. The highest BCUT2D eigenvalue weighted by Gasteiger charge is 2.16. The van der Waals surface area contributed by atoms with E-state index < -0.39 is 11.8 Å². The molecule has 0 aliphatic rings.